The van der Waals surface area contributed by atoms with E-state index in [0.29, 0.717) is 0 Å². The van der Waals surface area contributed by atoms with E-state index in [1.807, 2.05) is 36.5 Å². The van der Waals surface area contributed by atoms with Crippen molar-refractivity contribution in [3.8, 4) is 0 Å². The molecule has 1 aliphatic carbocycles. The fourth-order valence-corrected chi connectivity index (χ4v) is 6.39. The minimum atomic E-state index is -0.475. The summed E-state index contributed by atoms with van der Waals surface area (Å²) in [6.45, 7) is 4.53. The third-order valence-corrected chi connectivity index (χ3v) is 8.50. The highest BCUT2D eigenvalue weighted by molar-refractivity contribution is 5.88. The van der Waals surface area contributed by atoms with Crippen molar-refractivity contribution in [1.82, 2.24) is 9.88 Å². The van der Waals surface area contributed by atoms with Gasteiger partial charge in [-0.25, -0.2) is 0 Å². The Balaban J connectivity index is 1.38. The number of para-hydroxylation sites is 1. The number of ether oxygens (including phenoxy) is 1. The molecule has 1 saturated carbocycles. The molecule has 2 bridgehead atoms. The second kappa shape index (κ2) is 8.25. The average Bonchev–Trinajstić information content (AvgIpc) is 3.70. The second-order valence-corrected chi connectivity index (χ2v) is 10.2. The van der Waals surface area contributed by atoms with Crippen LogP contribution in [-0.2, 0) is 14.9 Å². The Labute approximate surface area is 196 Å². The number of benzene rings is 2. The van der Waals surface area contributed by atoms with Crippen molar-refractivity contribution in [2.24, 2.45) is 11.8 Å². The van der Waals surface area contributed by atoms with Gasteiger partial charge < -0.3 is 4.74 Å². The minimum Gasteiger partial charge on any atom is -0.455 e. The number of fused-ring (bicyclic) bond motifs is 4. The van der Waals surface area contributed by atoms with Gasteiger partial charge in [-0.05, 0) is 61.8 Å². The van der Waals surface area contributed by atoms with Gasteiger partial charge in [0.1, 0.15) is 6.10 Å². The lowest BCUT2D eigenvalue weighted by Crippen LogP contribution is -2.55. The molecule has 4 heterocycles. The summed E-state index contributed by atoms with van der Waals surface area (Å²) in [7, 11) is 0. The number of rotatable bonds is 6. The van der Waals surface area contributed by atoms with Crippen LogP contribution in [0.25, 0.3) is 10.9 Å². The molecule has 0 radical (unpaired) electrons. The maximum absolute atomic E-state index is 13.8. The number of esters is 1. The van der Waals surface area contributed by atoms with Crippen molar-refractivity contribution in [2.75, 3.05) is 13.1 Å². The molecule has 3 aliphatic heterocycles. The molecule has 1 unspecified atom stereocenters. The molecular weight excluding hydrogens is 408 g/mol. The zero-order chi connectivity index (χ0) is 22.4. The van der Waals surface area contributed by atoms with E-state index in [-0.39, 0.29) is 18.1 Å². The van der Waals surface area contributed by atoms with Gasteiger partial charge in [0, 0.05) is 23.7 Å². The molecule has 4 nitrogen and oxygen atoms in total. The van der Waals surface area contributed by atoms with E-state index < -0.39 is 5.41 Å². The predicted octanol–water partition coefficient (Wildman–Crippen LogP) is 5.67. The highest BCUT2D eigenvalue weighted by atomic mass is 16.5. The Hall–Kier alpha value is -2.72. The van der Waals surface area contributed by atoms with Gasteiger partial charge in [-0.1, -0.05) is 61.9 Å². The lowest BCUT2D eigenvalue weighted by Gasteiger charge is -2.52. The molecule has 4 fully saturated rings. The summed E-state index contributed by atoms with van der Waals surface area (Å²) in [5.41, 5.74) is 2.67. The van der Waals surface area contributed by atoms with Crippen LogP contribution >= 0.6 is 0 Å². The Morgan fingerprint density at radius 2 is 1.91 bits per heavy atom. The van der Waals surface area contributed by atoms with Crippen molar-refractivity contribution < 1.29 is 9.53 Å². The van der Waals surface area contributed by atoms with Crippen LogP contribution < -0.4 is 0 Å². The minimum absolute atomic E-state index is 0.0609. The van der Waals surface area contributed by atoms with Gasteiger partial charge in [0.25, 0.3) is 0 Å². The summed E-state index contributed by atoms with van der Waals surface area (Å²) in [5, 5.41) is 1.09. The molecule has 2 aromatic carbocycles. The molecule has 4 heteroatoms. The lowest BCUT2D eigenvalue weighted by molar-refractivity contribution is -0.161. The third-order valence-electron chi connectivity index (χ3n) is 8.50. The van der Waals surface area contributed by atoms with Gasteiger partial charge in [0.15, 0.2) is 0 Å². The number of carbonyl (C=O) groups is 1. The summed E-state index contributed by atoms with van der Waals surface area (Å²) in [5.74, 6) is 1.43. The van der Waals surface area contributed by atoms with E-state index in [2.05, 4.69) is 47.1 Å². The maximum Gasteiger partial charge on any atom is 0.317 e. The molecule has 170 valence electrons. The van der Waals surface area contributed by atoms with Gasteiger partial charge in [0.2, 0.25) is 0 Å². The van der Waals surface area contributed by atoms with Crippen LogP contribution in [0.1, 0.15) is 56.3 Å². The molecular formula is C29H32N2O2. The fraction of sp³-hybridized carbons (Fsp3) is 0.448. The zero-order valence-electron chi connectivity index (χ0n) is 19.3. The zero-order valence-corrected chi connectivity index (χ0v) is 19.3. The summed E-state index contributed by atoms with van der Waals surface area (Å²) < 4.78 is 6.58. The summed E-state index contributed by atoms with van der Waals surface area (Å²) in [4.78, 5) is 20.9. The quantitative estimate of drug-likeness (QED) is 0.463. The van der Waals surface area contributed by atoms with Crippen LogP contribution in [0.4, 0.5) is 0 Å². The first-order chi connectivity index (χ1) is 16.2. The molecule has 0 N–H and O–H groups in total. The number of nitrogens with zero attached hydrogens (tertiary/aromatic N) is 2. The van der Waals surface area contributed by atoms with E-state index in [9.17, 15) is 4.79 Å². The van der Waals surface area contributed by atoms with Gasteiger partial charge >= 0.3 is 5.97 Å². The number of pyridine rings is 1. The number of piperidine rings is 3. The largest absolute Gasteiger partial charge is 0.455 e. The Morgan fingerprint density at radius 3 is 2.64 bits per heavy atom. The highest BCUT2D eigenvalue weighted by Gasteiger charge is 2.54. The number of hydrogen-bond donors (Lipinski definition) is 0. The number of hydrogen-bond acceptors (Lipinski definition) is 4. The van der Waals surface area contributed by atoms with E-state index in [1.165, 1.54) is 12.8 Å². The molecule has 7 rings (SSSR count). The van der Waals surface area contributed by atoms with Gasteiger partial charge in [-0.15, -0.1) is 0 Å². The van der Waals surface area contributed by atoms with Crippen LogP contribution in [0.5, 0.6) is 0 Å². The van der Waals surface area contributed by atoms with E-state index >= 15 is 0 Å². The van der Waals surface area contributed by atoms with Gasteiger partial charge in [0.05, 0.1) is 17.0 Å². The number of carbonyl (C=O) groups excluding carboxylic acids is 1. The van der Waals surface area contributed by atoms with Crippen molar-refractivity contribution in [3.63, 3.8) is 0 Å². The Morgan fingerprint density at radius 1 is 1.12 bits per heavy atom. The Bertz CT molecular complexity index is 1150. The monoisotopic (exact) mass is 440 g/mol. The first-order valence-electron chi connectivity index (χ1n) is 12.5. The molecule has 33 heavy (non-hydrogen) atoms. The van der Waals surface area contributed by atoms with Gasteiger partial charge in [-0.2, -0.15) is 0 Å². The van der Waals surface area contributed by atoms with Crippen LogP contribution in [-0.4, -0.2) is 35.0 Å². The molecule has 0 spiro atoms. The maximum atomic E-state index is 13.8. The molecule has 3 saturated heterocycles. The molecule has 4 aliphatic rings. The summed E-state index contributed by atoms with van der Waals surface area (Å²) in [6, 6.07) is 20.7. The van der Waals surface area contributed by atoms with Crippen LogP contribution in [0, 0.1) is 11.8 Å². The topological polar surface area (TPSA) is 42.4 Å². The van der Waals surface area contributed by atoms with E-state index in [1.54, 1.807) is 0 Å². The third kappa shape index (κ3) is 3.56. The summed E-state index contributed by atoms with van der Waals surface area (Å²) >= 11 is 0. The molecule has 0 amide bonds. The highest BCUT2D eigenvalue weighted by Crippen LogP contribution is 2.51. The van der Waals surface area contributed by atoms with Crippen LogP contribution in [0.15, 0.2) is 66.9 Å². The number of aromatic nitrogens is 1. The van der Waals surface area contributed by atoms with Crippen molar-refractivity contribution >= 4 is 16.9 Å². The van der Waals surface area contributed by atoms with Crippen LogP contribution in [0.2, 0.25) is 0 Å². The van der Waals surface area contributed by atoms with Crippen molar-refractivity contribution in [2.45, 2.75) is 56.6 Å². The summed E-state index contributed by atoms with van der Waals surface area (Å²) in [6.07, 6.45) is 6.93. The standard InChI is InChI=1S/C29H32N2O2/c1-2-20-19-31-17-13-21(20)18-26(31)27(24-12-16-30-25-11-7-6-10-23(24)25)33-28(32)29(14-15-29)22-8-4-3-5-9-22/h3-12,16,20-21,26-27H,2,13-15,17-19H2,1H3/t20-,21+,26+,27-/m0/s1. The normalized spacial score (nSPS) is 28.4. The molecule has 1 aromatic heterocycles. The second-order valence-electron chi connectivity index (χ2n) is 10.2. The molecule has 5 atom stereocenters. The first-order valence-corrected chi connectivity index (χ1v) is 12.5. The predicted molar refractivity (Wildman–Crippen MR) is 130 cm³/mol. The van der Waals surface area contributed by atoms with E-state index in [0.717, 1.165) is 66.2 Å². The Kier molecular flexibility index (Phi) is 5.21. The van der Waals surface area contributed by atoms with Crippen molar-refractivity contribution in [1.29, 1.82) is 0 Å². The average molecular weight is 441 g/mol. The fourth-order valence-electron chi connectivity index (χ4n) is 6.39. The van der Waals surface area contributed by atoms with Crippen LogP contribution in [0.3, 0.4) is 0 Å². The van der Waals surface area contributed by atoms with Gasteiger partial charge in [-0.3, -0.25) is 14.7 Å². The first kappa shape index (κ1) is 20.9. The molecule has 3 aromatic rings. The van der Waals surface area contributed by atoms with Crippen molar-refractivity contribution in [3.05, 3.63) is 78.0 Å². The van der Waals surface area contributed by atoms with E-state index in [4.69, 9.17) is 4.74 Å². The smallest absolute Gasteiger partial charge is 0.317 e. The SMILES string of the molecule is CC[C@H]1CN2CC[C@@H]1C[C@@H]2[C@@H](OC(=O)C1(c2ccccc2)CC1)c1ccnc2ccccc12. The lowest BCUT2D eigenvalue weighted by atomic mass is 9.72.